The summed E-state index contributed by atoms with van der Waals surface area (Å²) in [5.74, 6) is 1.35. The predicted molar refractivity (Wildman–Crippen MR) is 98.3 cm³/mol. The van der Waals surface area contributed by atoms with Crippen LogP contribution >= 0.6 is 11.8 Å². The SMILES string of the molecule is CCOc1cc(C=Nn2cnnc2SCc2ccccc2)ccc1O. The van der Waals surface area contributed by atoms with Crippen LogP contribution in [0.3, 0.4) is 0 Å². The number of hydrogen-bond donors (Lipinski definition) is 1. The second-order valence-corrected chi connectivity index (χ2v) is 6.08. The Morgan fingerprint density at radius 2 is 2.08 bits per heavy atom. The molecule has 3 aromatic rings. The Bertz CT molecular complexity index is 849. The van der Waals surface area contributed by atoms with Crippen molar-refractivity contribution in [2.24, 2.45) is 5.10 Å². The van der Waals surface area contributed by atoms with E-state index in [2.05, 4.69) is 27.4 Å². The van der Waals surface area contributed by atoms with Crippen molar-refractivity contribution in [1.82, 2.24) is 14.9 Å². The van der Waals surface area contributed by atoms with Crippen molar-refractivity contribution in [3.05, 3.63) is 66.0 Å². The number of phenolic OH excluding ortho intramolecular Hbond substituents is 1. The molecule has 0 fully saturated rings. The van der Waals surface area contributed by atoms with Crippen LogP contribution < -0.4 is 4.74 Å². The zero-order chi connectivity index (χ0) is 17.5. The molecule has 0 saturated heterocycles. The topological polar surface area (TPSA) is 72.5 Å². The molecule has 0 aliphatic heterocycles. The normalized spacial score (nSPS) is 11.1. The van der Waals surface area contributed by atoms with Crippen LogP contribution in [0.15, 0.2) is 65.1 Å². The molecule has 128 valence electrons. The number of phenols is 1. The standard InChI is InChI=1S/C18H18N4O2S/c1-2-24-17-10-15(8-9-16(17)23)11-20-22-13-19-21-18(22)25-12-14-6-4-3-5-7-14/h3-11,13,23H,2,12H2,1H3. The molecule has 0 saturated carbocycles. The van der Waals surface area contributed by atoms with Gasteiger partial charge in [0.15, 0.2) is 11.5 Å². The molecule has 1 aromatic heterocycles. The second kappa shape index (κ2) is 8.34. The molecule has 0 radical (unpaired) electrons. The smallest absolute Gasteiger partial charge is 0.212 e. The Morgan fingerprint density at radius 1 is 1.24 bits per heavy atom. The molecular weight excluding hydrogens is 336 g/mol. The van der Waals surface area contributed by atoms with Crippen LogP contribution in [0.4, 0.5) is 0 Å². The zero-order valence-corrected chi connectivity index (χ0v) is 14.6. The Labute approximate surface area is 150 Å². The number of nitrogens with zero attached hydrogens (tertiary/aromatic N) is 4. The molecule has 3 rings (SSSR count). The van der Waals surface area contributed by atoms with Gasteiger partial charge in [-0.05, 0) is 36.2 Å². The molecule has 0 amide bonds. The number of hydrogen-bond acceptors (Lipinski definition) is 6. The highest BCUT2D eigenvalue weighted by Crippen LogP contribution is 2.26. The summed E-state index contributed by atoms with van der Waals surface area (Å²) in [6.45, 7) is 2.35. The van der Waals surface area contributed by atoms with Gasteiger partial charge in [-0.15, -0.1) is 10.2 Å². The molecule has 0 aliphatic carbocycles. The molecule has 6 nitrogen and oxygen atoms in total. The third kappa shape index (κ3) is 4.60. The number of benzene rings is 2. The van der Waals surface area contributed by atoms with E-state index in [0.717, 1.165) is 11.3 Å². The van der Waals surface area contributed by atoms with Gasteiger partial charge >= 0.3 is 0 Å². The van der Waals surface area contributed by atoms with Crippen LogP contribution in [-0.2, 0) is 5.75 Å². The average molecular weight is 354 g/mol. The zero-order valence-electron chi connectivity index (χ0n) is 13.7. The lowest BCUT2D eigenvalue weighted by atomic mass is 10.2. The number of aromatic nitrogens is 3. The van der Waals surface area contributed by atoms with Crippen molar-refractivity contribution >= 4 is 18.0 Å². The maximum atomic E-state index is 9.74. The van der Waals surface area contributed by atoms with E-state index in [9.17, 15) is 5.11 Å². The van der Waals surface area contributed by atoms with Gasteiger partial charge in [0.2, 0.25) is 5.16 Å². The first-order valence-electron chi connectivity index (χ1n) is 7.83. The van der Waals surface area contributed by atoms with Gasteiger partial charge in [0.25, 0.3) is 0 Å². The molecule has 0 atom stereocenters. The third-order valence-electron chi connectivity index (χ3n) is 3.33. The van der Waals surface area contributed by atoms with E-state index in [1.807, 2.05) is 25.1 Å². The molecular formula is C18H18N4O2S. The van der Waals surface area contributed by atoms with Gasteiger partial charge in [0, 0.05) is 5.75 Å². The highest BCUT2D eigenvalue weighted by Gasteiger charge is 2.05. The second-order valence-electron chi connectivity index (χ2n) is 5.14. The van der Waals surface area contributed by atoms with Gasteiger partial charge < -0.3 is 9.84 Å². The summed E-state index contributed by atoms with van der Waals surface area (Å²) in [5, 5.41) is 22.9. The predicted octanol–water partition coefficient (Wildman–Crippen LogP) is 3.56. The maximum absolute atomic E-state index is 9.74. The Kier molecular flexibility index (Phi) is 5.69. The molecule has 0 unspecified atom stereocenters. The van der Waals surface area contributed by atoms with Crippen LogP contribution in [0.25, 0.3) is 0 Å². The number of aromatic hydroxyl groups is 1. The Hall–Kier alpha value is -2.80. The van der Waals surface area contributed by atoms with Crippen molar-refractivity contribution in [2.75, 3.05) is 6.61 Å². The van der Waals surface area contributed by atoms with Crippen LogP contribution in [0.1, 0.15) is 18.1 Å². The summed E-state index contributed by atoms with van der Waals surface area (Å²) in [5.41, 5.74) is 2.03. The summed E-state index contributed by atoms with van der Waals surface area (Å²) in [6, 6.07) is 15.3. The first-order valence-corrected chi connectivity index (χ1v) is 8.81. The van der Waals surface area contributed by atoms with E-state index in [1.54, 1.807) is 47.2 Å². The Morgan fingerprint density at radius 3 is 2.88 bits per heavy atom. The van der Waals surface area contributed by atoms with E-state index in [-0.39, 0.29) is 5.75 Å². The molecule has 0 aliphatic rings. The molecule has 2 aromatic carbocycles. The molecule has 0 bridgehead atoms. The van der Waals surface area contributed by atoms with Gasteiger partial charge in [0.05, 0.1) is 12.8 Å². The first kappa shape index (κ1) is 17.0. The maximum Gasteiger partial charge on any atom is 0.212 e. The monoisotopic (exact) mass is 354 g/mol. The van der Waals surface area contributed by atoms with Crippen molar-refractivity contribution in [1.29, 1.82) is 0 Å². The van der Waals surface area contributed by atoms with Crippen molar-refractivity contribution in [2.45, 2.75) is 17.8 Å². The summed E-state index contributed by atoms with van der Waals surface area (Å²) >= 11 is 1.57. The molecule has 7 heteroatoms. The molecule has 1 heterocycles. The van der Waals surface area contributed by atoms with Crippen LogP contribution in [0.2, 0.25) is 0 Å². The third-order valence-corrected chi connectivity index (χ3v) is 4.33. The van der Waals surface area contributed by atoms with E-state index < -0.39 is 0 Å². The summed E-state index contributed by atoms with van der Waals surface area (Å²) in [7, 11) is 0. The minimum absolute atomic E-state index is 0.113. The van der Waals surface area contributed by atoms with Gasteiger partial charge in [0.1, 0.15) is 6.33 Å². The van der Waals surface area contributed by atoms with Gasteiger partial charge in [-0.2, -0.15) is 9.78 Å². The van der Waals surface area contributed by atoms with Crippen molar-refractivity contribution in [3.63, 3.8) is 0 Å². The minimum Gasteiger partial charge on any atom is -0.504 e. The lowest BCUT2D eigenvalue weighted by Crippen LogP contribution is -1.95. The van der Waals surface area contributed by atoms with Gasteiger partial charge in [-0.25, -0.2) is 0 Å². The van der Waals surface area contributed by atoms with E-state index in [1.165, 1.54) is 5.56 Å². The Balaban J connectivity index is 1.70. The fourth-order valence-corrected chi connectivity index (χ4v) is 2.95. The van der Waals surface area contributed by atoms with Crippen molar-refractivity contribution < 1.29 is 9.84 Å². The van der Waals surface area contributed by atoms with Gasteiger partial charge in [-0.1, -0.05) is 42.1 Å². The first-order chi connectivity index (χ1) is 12.3. The largest absolute Gasteiger partial charge is 0.504 e. The highest BCUT2D eigenvalue weighted by atomic mass is 32.2. The van der Waals surface area contributed by atoms with E-state index in [0.29, 0.717) is 17.5 Å². The summed E-state index contributed by atoms with van der Waals surface area (Å²) in [4.78, 5) is 0. The summed E-state index contributed by atoms with van der Waals surface area (Å²) in [6.07, 6.45) is 3.24. The highest BCUT2D eigenvalue weighted by molar-refractivity contribution is 7.98. The van der Waals surface area contributed by atoms with E-state index in [4.69, 9.17) is 4.74 Å². The fraction of sp³-hybridized carbons (Fsp3) is 0.167. The molecule has 0 spiro atoms. The van der Waals surface area contributed by atoms with Crippen LogP contribution in [0.5, 0.6) is 11.5 Å². The minimum atomic E-state index is 0.113. The van der Waals surface area contributed by atoms with Crippen LogP contribution in [-0.4, -0.2) is 32.8 Å². The lowest BCUT2D eigenvalue weighted by molar-refractivity contribution is 0.318. The quantitative estimate of drug-likeness (QED) is 0.519. The van der Waals surface area contributed by atoms with Crippen molar-refractivity contribution in [3.8, 4) is 11.5 Å². The lowest BCUT2D eigenvalue weighted by Gasteiger charge is -2.06. The average Bonchev–Trinajstić information content (AvgIpc) is 3.09. The van der Waals surface area contributed by atoms with Crippen LogP contribution in [0, 0.1) is 0 Å². The van der Waals surface area contributed by atoms with E-state index >= 15 is 0 Å². The number of thioether (sulfide) groups is 1. The molecule has 25 heavy (non-hydrogen) atoms. The molecule has 1 N–H and O–H groups in total. The van der Waals surface area contributed by atoms with Gasteiger partial charge in [-0.3, -0.25) is 0 Å². The summed E-state index contributed by atoms with van der Waals surface area (Å²) < 4.78 is 7.00. The fourth-order valence-electron chi connectivity index (χ4n) is 2.13. The number of ether oxygens (including phenoxy) is 1. The number of rotatable bonds is 7.